The Morgan fingerprint density at radius 2 is 1.90 bits per heavy atom. The van der Waals surface area contributed by atoms with Crippen molar-refractivity contribution in [2.75, 3.05) is 19.0 Å². The van der Waals surface area contributed by atoms with Gasteiger partial charge in [0.25, 0.3) is 5.91 Å². The Balaban J connectivity index is 1.81. The number of thiocarbonyl (C=S) groups is 1. The Morgan fingerprint density at radius 3 is 2.60 bits per heavy atom. The number of rotatable bonds is 5. The first-order valence-electron chi connectivity index (χ1n) is 8.59. The SMILES string of the molecule is CCOC(=O)c1c(NC(=S)NC(=O)c2ccc3nsnc3c2)sc(C(=O)OC)c1C. The standard InChI is InChI=1S/C18H16N4O5S3/c1-4-27-16(24)12-8(2)13(17(25)26-3)29-15(12)20-18(28)19-14(23)9-5-6-10-11(7-9)22-30-21-10/h5-7H,4H2,1-3H3,(H2,19,20,23,28). The number of aromatic nitrogens is 2. The van der Waals surface area contributed by atoms with Crippen LogP contribution in [0.4, 0.5) is 5.00 Å². The minimum absolute atomic E-state index is 0.0419. The number of amides is 1. The predicted octanol–water partition coefficient (Wildman–Crippen LogP) is 3.15. The van der Waals surface area contributed by atoms with Gasteiger partial charge in [-0.1, -0.05) is 0 Å². The van der Waals surface area contributed by atoms with Gasteiger partial charge in [0.2, 0.25) is 0 Å². The number of thiophene rings is 1. The van der Waals surface area contributed by atoms with E-state index in [0.717, 1.165) is 23.1 Å². The molecule has 1 amide bonds. The van der Waals surface area contributed by atoms with Crippen LogP contribution < -0.4 is 10.6 Å². The Bertz CT molecular complexity index is 1150. The van der Waals surface area contributed by atoms with Gasteiger partial charge >= 0.3 is 11.9 Å². The minimum atomic E-state index is -0.612. The maximum atomic E-state index is 12.5. The molecule has 0 unspecified atom stereocenters. The number of methoxy groups -OCH3 is 1. The van der Waals surface area contributed by atoms with Crippen molar-refractivity contribution < 1.29 is 23.9 Å². The number of carbonyl (C=O) groups is 3. The van der Waals surface area contributed by atoms with Gasteiger partial charge in [-0.2, -0.15) is 8.75 Å². The molecule has 1 aromatic carbocycles. The molecular weight excluding hydrogens is 448 g/mol. The molecule has 0 aliphatic rings. The highest BCUT2D eigenvalue weighted by Crippen LogP contribution is 2.34. The molecule has 0 aliphatic heterocycles. The van der Waals surface area contributed by atoms with Crippen LogP contribution in [-0.2, 0) is 9.47 Å². The van der Waals surface area contributed by atoms with E-state index in [1.165, 1.54) is 7.11 Å². The van der Waals surface area contributed by atoms with E-state index in [0.29, 0.717) is 22.2 Å². The molecule has 0 saturated heterocycles. The maximum absolute atomic E-state index is 12.5. The topological polar surface area (TPSA) is 120 Å². The fourth-order valence-corrected chi connectivity index (χ4v) is 4.47. The number of ether oxygens (including phenoxy) is 2. The third kappa shape index (κ3) is 4.45. The van der Waals surface area contributed by atoms with Crippen LogP contribution in [0.25, 0.3) is 11.0 Å². The zero-order valence-electron chi connectivity index (χ0n) is 16.1. The summed E-state index contributed by atoms with van der Waals surface area (Å²) in [6, 6.07) is 4.90. The molecule has 0 saturated carbocycles. The number of hydrogen-bond acceptors (Lipinski definition) is 10. The summed E-state index contributed by atoms with van der Waals surface area (Å²) >= 11 is 7.26. The fraction of sp³-hybridized carbons (Fsp3) is 0.222. The molecule has 2 N–H and O–H groups in total. The number of benzene rings is 1. The zero-order chi connectivity index (χ0) is 21.8. The Labute approximate surface area is 184 Å². The molecule has 12 heteroatoms. The highest BCUT2D eigenvalue weighted by molar-refractivity contribution is 7.80. The Morgan fingerprint density at radius 1 is 1.17 bits per heavy atom. The monoisotopic (exact) mass is 464 g/mol. The van der Waals surface area contributed by atoms with Gasteiger partial charge in [0.05, 0.1) is 31.0 Å². The van der Waals surface area contributed by atoms with Crippen molar-refractivity contribution in [2.24, 2.45) is 0 Å². The molecule has 0 radical (unpaired) electrons. The van der Waals surface area contributed by atoms with Crippen molar-refractivity contribution >= 4 is 74.3 Å². The van der Waals surface area contributed by atoms with Gasteiger partial charge in [-0.05, 0) is 49.8 Å². The second kappa shape index (κ2) is 9.24. The van der Waals surface area contributed by atoms with Crippen molar-refractivity contribution in [3.05, 3.63) is 39.8 Å². The smallest absolute Gasteiger partial charge is 0.348 e. The van der Waals surface area contributed by atoms with E-state index < -0.39 is 17.8 Å². The predicted molar refractivity (Wildman–Crippen MR) is 117 cm³/mol. The Kier molecular flexibility index (Phi) is 6.70. The van der Waals surface area contributed by atoms with Gasteiger partial charge in [-0.15, -0.1) is 11.3 Å². The number of nitrogens with zero attached hydrogens (tertiary/aromatic N) is 2. The molecule has 0 spiro atoms. The number of anilines is 1. The molecule has 156 valence electrons. The van der Waals surface area contributed by atoms with Gasteiger partial charge < -0.3 is 14.8 Å². The van der Waals surface area contributed by atoms with Gasteiger partial charge in [0, 0.05) is 5.56 Å². The normalized spacial score (nSPS) is 10.5. The molecule has 3 rings (SSSR count). The van der Waals surface area contributed by atoms with E-state index in [4.69, 9.17) is 21.7 Å². The van der Waals surface area contributed by atoms with Crippen LogP contribution in [-0.4, -0.2) is 45.4 Å². The highest BCUT2D eigenvalue weighted by Gasteiger charge is 2.26. The molecular formula is C18H16N4O5S3. The number of nitrogens with one attached hydrogen (secondary N) is 2. The summed E-state index contributed by atoms with van der Waals surface area (Å²) in [6.07, 6.45) is 0. The molecule has 0 aliphatic carbocycles. The largest absolute Gasteiger partial charge is 0.465 e. The third-order valence-electron chi connectivity index (χ3n) is 3.97. The van der Waals surface area contributed by atoms with E-state index in [2.05, 4.69) is 19.4 Å². The lowest BCUT2D eigenvalue weighted by atomic mass is 10.1. The number of esters is 2. The lowest BCUT2D eigenvalue weighted by Crippen LogP contribution is -2.34. The van der Waals surface area contributed by atoms with Crippen LogP contribution in [0, 0.1) is 6.92 Å². The molecule has 0 fully saturated rings. The molecule has 2 heterocycles. The molecule has 9 nitrogen and oxygen atoms in total. The summed E-state index contributed by atoms with van der Waals surface area (Å²) in [4.78, 5) is 37.1. The average Bonchev–Trinajstić information content (AvgIpc) is 3.31. The van der Waals surface area contributed by atoms with Crippen LogP contribution >= 0.6 is 35.3 Å². The summed E-state index contributed by atoms with van der Waals surface area (Å²) in [5, 5.41) is 5.58. The highest BCUT2D eigenvalue weighted by atomic mass is 32.1. The average molecular weight is 465 g/mol. The lowest BCUT2D eigenvalue weighted by Gasteiger charge is -2.10. The fourth-order valence-electron chi connectivity index (χ4n) is 2.57. The van der Waals surface area contributed by atoms with E-state index in [1.807, 2.05) is 0 Å². The van der Waals surface area contributed by atoms with Crippen LogP contribution in [0.3, 0.4) is 0 Å². The first-order chi connectivity index (χ1) is 14.3. The third-order valence-corrected chi connectivity index (χ3v) is 5.92. The van der Waals surface area contributed by atoms with Crippen molar-refractivity contribution in [3.63, 3.8) is 0 Å². The van der Waals surface area contributed by atoms with Crippen LogP contribution in [0.5, 0.6) is 0 Å². The van der Waals surface area contributed by atoms with Gasteiger partial charge in [0.15, 0.2) is 5.11 Å². The van der Waals surface area contributed by atoms with Crippen molar-refractivity contribution in [1.82, 2.24) is 14.1 Å². The van der Waals surface area contributed by atoms with Crippen molar-refractivity contribution in [1.29, 1.82) is 0 Å². The summed E-state index contributed by atoms with van der Waals surface area (Å²) in [5.74, 6) is -1.66. The van der Waals surface area contributed by atoms with Crippen molar-refractivity contribution in [2.45, 2.75) is 13.8 Å². The van der Waals surface area contributed by atoms with E-state index in [9.17, 15) is 14.4 Å². The maximum Gasteiger partial charge on any atom is 0.348 e. The molecule has 30 heavy (non-hydrogen) atoms. The second-order valence-corrected chi connectivity index (χ2v) is 7.81. The second-order valence-electron chi connectivity index (χ2n) is 5.85. The zero-order valence-corrected chi connectivity index (χ0v) is 18.5. The molecule has 0 atom stereocenters. The first kappa shape index (κ1) is 21.7. The van der Waals surface area contributed by atoms with Crippen LogP contribution in [0.2, 0.25) is 0 Å². The number of hydrogen-bond donors (Lipinski definition) is 2. The van der Waals surface area contributed by atoms with Gasteiger partial charge in [-0.25, -0.2) is 9.59 Å². The number of fused-ring (bicyclic) bond motifs is 1. The van der Waals surface area contributed by atoms with Gasteiger partial charge in [0.1, 0.15) is 20.9 Å². The van der Waals surface area contributed by atoms with Crippen molar-refractivity contribution in [3.8, 4) is 0 Å². The summed E-state index contributed by atoms with van der Waals surface area (Å²) in [7, 11) is 1.25. The van der Waals surface area contributed by atoms with Gasteiger partial charge in [-0.3, -0.25) is 10.1 Å². The molecule has 3 aromatic rings. The van der Waals surface area contributed by atoms with Crippen LogP contribution in [0.15, 0.2) is 18.2 Å². The summed E-state index contributed by atoms with van der Waals surface area (Å²) in [5.41, 5.74) is 2.22. The molecule has 0 bridgehead atoms. The summed E-state index contributed by atoms with van der Waals surface area (Å²) in [6.45, 7) is 3.45. The quantitative estimate of drug-likeness (QED) is 0.433. The number of carbonyl (C=O) groups excluding carboxylic acids is 3. The Hall–Kier alpha value is -2.96. The minimum Gasteiger partial charge on any atom is -0.465 e. The first-order valence-corrected chi connectivity index (χ1v) is 10.5. The van der Waals surface area contributed by atoms with E-state index in [1.54, 1.807) is 32.0 Å². The van der Waals surface area contributed by atoms with E-state index in [-0.39, 0.29) is 27.2 Å². The van der Waals surface area contributed by atoms with E-state index >= 15 is 0 Å². The molecule has 2 aromatic heterocycles. The lowest BCUT2D eigenvalue weighted by molar-refractivity contribution is 0.0527. The summed E-state index contributed by atoms with van der Waals surface area (Å²) < 4.78 is 18.0. The van der Waals surface area contributed by atoms with Crippen LogP contribution in [0.1, 0.15) is 42.9 Å².